The summed E-state index contributed by atoms with van der Waals surface area (Å²) in [6, 6.07) is 10.3. The fourth-order valence-corrected chi connectivity index (χ4v) is 4.38. The van der Waals surface area contributed by atoms with Crippen LogP contribution in [0.5, 0.6) is 0 Å². The quantitative estimate of drug-likeness (QED) is 0.319. The molecule has 0 radical (unpaired) electrons. The lowest BCUT2D eigenvalue weighted by molar-refractivity contribution is -0.137. The minimum absolute atomic E-state index is 0.222. The van der Waals surface area contributed by atoms with E-state index in [4.69, 9.17) is 28.2 Å². The number of furan rings is 1. The van der Waals surface area contributed by atoms with Gasteiger partial charge < -0.3 is 4.42 Å². The standard InChI is InChI=1S/C21H12ClF3N2O2S2/c22-16-5-3-13(8-15(16)21(23,24)25)17-6-4-14(29-17)9-18-19(28)27(20(30)31-18)11-12-2-1-7-26-10-12/h1-10H,11H2/b18-9-. The van der Waals surface area contributed by atoms with E-state index in [1.54, 1.807) is 24.5 Å². The summed E-state index contributed by atoms with van der Waals surface area (Å²) >= 11 is 12.1. The summed E-state index contributed by atoms with van der Waals surface area (Å²) in [6.07, 6.45) is 0.237. The number of rotatable bonds is 4. The van der Waals surface area contributed by atoms with E-state index in [-0.39, 0.29) is 22.3 Å². The van der Waals surface area contributed by atoms with Crippen LogP contribution >= 0.6 is 35.6 Å². The number of alkyl halides is 3. The van der Waals surface area contributed by atoms with Gasteiger partial charge in [-0.05, 0) is 42.0 Å². The second-order valence-electron chi connectivity index (χ2n) is 6.52. The fraction of sp³-hybridized carbons (Fsp3) is 0.0952. The Morgan fingerprint density at radius 2 is 2.03 bits per heavy atom. The molecule has 3 aromatic rings. The molecule has 2 aromatic heterocycles. The maximum atomic E-state index is 13.1. The topological polar surface area (TPSA) is 46.3 Å². The first-order valence-electron chi connectivity index (χ1n) is 8.83. The Bertz CT molecular complexity index is 1190. The highest BCUT2D eigenvalue weighted by Crippen LogP contribution is 2.38. The van der Waals surface area contributed by atoms with Gasteiger partial charge in [0, 0.05) is 24.0 Å². The maximum absolute atomic E-state index is 13.1. The maximum Gasteiger partial charge on any atom is 0.417 e. The summed E-state index contributed by atoms with van der Waals surface area (Å²) in [5.41, 5.74) is 0.116. The number of carbonyl (C=O) groups excluding carboxylic acids is 1. The molecule has 0 saturated carbocycles. The van der Waals surface area contributed by atoms with E-state index in [1.807, 2.05) is 6.07 Å². The van der Waals surface area contributed by atoms with Gasteiger partial charge in [0.25, 0.3) is 5.91 Å². The number of nitrogens with zero attached hydrogens (tertiary/aromatic N) is 2. The summed E-state index contributed by atoms with van der Waals surface area (Å²) < 4.78 is 45.4. The van der Waals surface area contributed by atoms with E-state index in [0.29, 0.717) is 21.5 Å². The Labute approximate surface area is 189 Å². The summed E-state index contributed by atoms with van der Waals surface area (Å²) in [5, 5.41) is -0.389. The largest absolute Gasteiger partial charge is 0.457 e. The molecule has 1 fully saturated rings. The van der Waals surface area contributed by atoms with Gasteiger partial charge >= 0.3 is 6.18 Å². The van der Waals surface area contributed by atoms with Crippen LogP contribution in [0.2, 0.25) is 5.02 Å². The number of thiocarbonyl (C=S) groups is 1. The molecule has 0 N–H and O–H groups in total. The Kier molecular flexibility index (Phi) is 5.92. The van der Waals surface area contributed by atoms with Crippen molar-refractivity contribution in [1.82, 2.24) is 9.88 Å². The highest BCUT2D eigenvalue weighted by Gasteiger charge is 2.34. The highest BCUT2D eigenvalue weighted by molar-refractivity contribution is 8.26. The molecular weight excluding hydrogens is 469 g/mol. The molecule has 0 aliphatic carbocycles. The molecule has 31 heavy (non-hydrogen) atoms. The van der Waals surface area contributed by atoms with Crippen molar-refractivity contribution < 1.29 is 22.4 Å². The van der Waals surface area contributed by atoms with Gasteiger partial charge in [-0.25, -0.2) is 0 Å². The van der Waals surface area contributed by atoms with Crippen molar-refractivity contribution in [2.45, 2.75) is 12.7 Å². The summed E-state index contributed by atoms with van der Waals surface area (Å²) in [6.45, 7) is 0.296. The van der Waals surface area contributed by atoms with Crippen LogP contribution in [0, 0.1) is 0 Å². The van der Waals surface area contributed by atoms with Gasteiger partial charge in [-0.2, -0.15) is 13.2 Å². The third kappa shape index (κ3) is 4.68. The Morgan fingerprint density at radius 3 is 2.74 bits per heavy atom. The Balaban J connectivity index is 1.56. The molecule has 0 unspecified atom stereocenters. The number of amides is 1. The van der Waals surface area contributed by atoms with Crippen LogP contribution in [-0.4, -0.2) is 20.1 Å². The van der Waals surface area contributed by atoms with Gasteiger partial charge in [-0.1, -0.05) is 41.6 Å². The number of hydrogen-bond acceptors (Lipinski definition) is 5. The van der Waals surface area contributed by atoms with E-state index in [1.165, 1.54) is 29.2 Å². The molecule has 158 valence electrons. The lowest BCUT2D eigenvalue weighted by Crippen LogP contribution is -2.27. The smallest absolute Gasteiger partial charge is 0.417 e. The van der Waals surface area contributed by atoms with Gasteiger partial charge in [0.15, 0.2) is 0 Å². The van der Waals surface area contributed by atoms with Crippen LogP contribution in [0.15, 0.2) is 64.2 Å². The number of halogens is 4. The van der Waals surface area contributed by atoms with Gasteiger partial charge in [0.1, 0.15) is 15.8 Å². The second-order valence-corrected chi connectivity index (χ2v) is 8.61. The van der Waals surface area contributed by atoms with Crippen LogP contribution in [-0.2, 0) is 17.5 Å². The number of hydrogen-bond donors (Lipinski definition) is 0. The first kappa shape index (κ1) is 21.6. The molecule has 1 saturated heterocycles. The fourth-order valence-electron chi connectivity index (χ4n) is 2.92. The highest BCUT2D eigenvalue weighted by atomic mass is 35.5. The molecule has 1 amide bonds. The lowest BCUT2D eigenvalue weighted by Gasteiger charge is -2.13. The van der Waals surface area contributed by atoms with Crippen LogP contribution in [0.4, 0.5) is 13.2 Å². The molecule has 10 heteroatoms. The van der Waals surface area contributed by atoms with Crippen molar-refractivity contribution >= 4 is 51.9 Å². The van der Waals surface area contributed by atoms with Gasteiger partial charge in [-0.3, -0.25) is 14.7 Å². The minimum atomic E-state index is -4.58. The monoisotopic (exact) mass is 480 g/mol. The van der Waals surface area contributed by atoms with Crippen LogP contribution in [0.1, 0.15) is 16.9 Å². The van der Waals surface area contributed by atoms with Crippen molar-refractivity contribution in [3.05, 3.63) is 81.7 Å². The van der Waals surface area contributed by atoms with Crippen LogP contribution in [0.3, 0.4) is 0 Å². The number of thioether (sulfide) groups is 1. The summed E-state index contributed by atoms with van der Waals surface area (Å²) in [4.78, 5) is 18.6. The van der Waals surface area contributed by atoms with Crippen LogP contribution < -0.4 is 0 Å². The zero-order chi connectivity index (χ0) is 22.2. The third-order valence-corrected chi connectivity index (χ3v) is 6.10. The minimum Gasteiger partial charge on any atom is -0.457 e. The predicted octanol–water partition coefficient (Wildman–Crippen LogP) is 6.42. The zero-order valence-electron chi connectivity index (χ0n) is 15.5. The molecular formula is C21H12ClF3N2O2S2. The SMILES string of the molecule is O=C1/C(=C/c2ccc(-c3ccc(Cl)c(C(F)(F)F)c3)o2)SC(=S)N1Cc1cccnc1. The van der Waals surface area contributed by atoms with Crippen molar-refractivity contribution in [2.24, 2.45) is 0 Å². The van der Waals surface area contributed by atoms with Gasteiger partial charge in [-0.15, -0.1) is 0 Å². The van der Waals surface area contributed by atoms with Crippen molar-refractivity contribution in [2.75, 3.05) is 0 Å². The number of carbonyl (C=O) groups is 1. The first-order chi connectivity index (χ1) is 14.7. The molecule has 4 rings (SSSR count). The van der Waals surface area contributed by atoms with E-state index in [2.05, 4.69) is 4.98 Å². The van der Waals surface area contributed by atoms with E-state index >= 15 is 0 Å². The van der Waals surface area contributed by atoms with E-state index in [0.717, 1.165) is 23.4 Å². The first-order valence-corrected chi connectivity index (χ1v) is 10.4. The Hall–Kier alpha value is -2.62. The molecule has 1 aromatic carbocycles. The van der Waals surface area contributed by atoms with Crippen molar-refractivity contribution in [1.29, 1.82) is 0 Å². The van der Waals surface area contributed by atoms with Gasteiger partial charge in [0.2, 0.25) is 0 Å². The lowest BCUT2D eigenvalue weighted by atomic mass is 10.1. The van der Waals surface area contributed by atoms with Crippen molar-refractivity contribution in [3.8, 4) is 11.3 Å². The zero-order valence-corrected chi connectivity index (χ0v) is 17.9. The average Bonchev–Trinajstić information content (AvgIpc) is 3.29. The van der Waals surface area contributed by atoms with Crippen molar-refractivity contribution in [3.63, 3.8) is 0 Å². The second kappa shape index (κ2) is 8.49. The molecule has 3 heterocycles. The van der Waals surface area contributed by atoms with Gasteiger partial charge in [0.05, 0.1) is 22.0 Å². The van der Waals surface area contributed by atoms with E-state index in [9.17, 15) is 18.0 Å². The predicted molar refractivity (Wildman–Crippen MR) is 117 cm³/mol. The normalized spacial score (nSPS) is 15.9. The molecule has 0 spiro atoms. The van der Waals surface area contributed by atoms with E-state index < -0.39 is 11.7 Å². The molecule has 1 aliphatic rings. The summed E-state index contributed by atoms with van der Waals surface area (Å²) in [7, 11) is 0. The average molecular weight is 481 g/mol. The molecule has 0 bridgehead atoms. The number of pyridine rings is 1. The molecule has 0 atom stereocenters. The number of benzene rings is 1. The third-order valence-electron chi connectivity index (χ3n) is 4.39. The molecule has 1 aliphatic heterocycles. The Morgan fingerprint density at radius 1 is 1.23 bits per heavy atom. The molecule has 4 nitrogen and oxygen atoms in total. The summed E-state index contributed by atoms with van der Waals surface area (Å²) in [5.74, 6) is 0.266. The number of aromatic nitrogens is 1. The van der Waals surface area contributed by atoms with Crippen LogP contribution in [0.25, 0.3) is 17.4 Å².